The number of amides is 1. The van der Waals surface area contributed by atoms with Crippen LogP contribution in [-0.4, -0.2) is 10.9 Å². The summed E-state index contributed by atoms with van der Waals surface area (Å²) in [7, 11) is 0. The molecule has 0 bridgehead atoms. The molecule has 0 saturated heterocycles. The lowest BCUT2D eigenvalue weighted by Crippen LogP contribution is -2.08. The van der Waals surface area contributed by atoms with E-state index >= 15 is 0 Å². The van der Waals surface area contributed by atoms with Gasteiger partial charge in [-0.15, -0.1) is 0 Å². The first-order chi connectivity index (χ1) is 9.22. The fourth-order valence-corrected chi connectivity index (χ4v) is 2.06. The molecule has 1 aromatic carbocycles. The van der Waals surface area contributed by atoms with Gasteiger partial charge in [-0.2, -0.15) is 0 Å². The third-order valence-electron chi connectivity index (χ3n) is 2.95. The molecule has 0 radical (unpaired) electrons. The number of hydrogen-bond donors (Lipinski definition) is 1. The first-order valence-electron chi connectivity index (χ1n) is 5.93. The van der Waals surface area contributed by atoms with Crippen LogP contribution in [0.1, 0.15) is 21.7 Å². The molecule has 0 saturated carbocycles. The molecule has 1 amide bonds. The van der Waals surface area contributed by atoms with Crippen molar-refractivity contribution in [2.75, 3.05) is 0 Å². The van der Waals surface area contributed by atoms with Crippen LogP contribution < -0.4 is 5.73 Å². The van der Waals surface area contributed by atoms with Crippen LogP contribution in [0.3, 0.4) is 0 Å². The number of benzene rings is 1. The molecule has 94 valence electrons. The van der Waals surface area contributed by atoms with Gasteiger partial charge in [0.15, 0.2) is 5.76 Å². The zero-order valence-electron chi connectivity index (χ0n) is 10.2. The number of rotatable bonds is 3. The molecule has 0 unspecified atom stereocenters. The van der Waals surface area contributed by atoms with Crippen LogP contribution in [0.4, 0.5) is 0 Å². The number of nitrogens with zero attached hydrogens (tertiary/aromatic N) is 1. The Hall–Kier alpha value is -2.62. The highest BCUT2D eigenvalue weighted by Gasteiger charge is 2.09. The van der Waals surface area contributed by atoms with Crippen molar-refractivity contribution in [3.05, 3.63) is 65.7 Å². The average Bonchev–Trinajstić information content (AvgIpc) is 2.83. The van der Waals surface area contributed by atoms with Crippen LogP contribution in [0.15, 0.2) is 53.2 Å². The number of fused-ring (bicyclic) bond motifs is 1. The highest BCUT2D eigenvalue weighted by molar-refractivity contribution is 5.95. The van der Waals surface area contributed by atoms with Gasteiger partial charge in [-0.05, 0) is 41.8 Å². The molecular weight excluding hydrogens is 240 g/mol. The number of carbonyl (C=O) groups excluding carboxylic acids is 1. The first kappa shape index (κ1) is 11.5. The molecule has 3 aromatic rings. The summed E-state index contributed by atoms with van der Waals surface area (Å²) in [6.07, 6.45) is 4.39. The Bertz CT molecular complexity index is 732. The molecule has 0 spiro atoms. The summed E-state index contributed by atoms with van der Waals surface area (Å²) in [5.74, 6) is -0.362. The van der Waals surface area contributed by atoms with Gasteiger partial charge in [-0.3, -0.25) is 9.78 Å². The zero-order valence-corrected chi connectivity index (χ0v) is 10.2. The topological polar surface area (TPSA) is 69.1 Å². The van der Waals surface area contributed by atoms with E-state index in [1.54, 1.807) is 12.3 Å². The smallest absolute Gasteiger partial charge is 0.284 e. The molecule has 0 fully saturated rings. The normalized spacial score (nSPS) is 10.7. The van der Waals surface area contributed by atoms with E-state index in [1.165, 1.54) is 0 Å². The van der Waals surface area contributed by atoms with Crippen molar-refractivity contribution in [1.82, 2.24) is 4.98 Å². The lowest BCUT2D eigenvalue weighted by Gasteiger charge is -2.00. The van der Waals surface area contributed by atoms with Gasteiger partial charge < -0.3 is 10.2 Å². The molecular formula is C15H12N2O2. The summed E-state index contributed by atoms with van der Waals surface area (Å²) in [4.78, 5) is 15.2. The van der Waals surface area contributed by atoms with Crippen molar-refractivity contribution in [3.63, 3.8) is 0 Å². The van der Waals surface area contributed by atoms with Crippen molar-refractivity contribution < 1.29 is 9.21 Å². The molecule has 3 rings (SSSR count). The monoisotopic (exact) mass is 252 g/mol. The fourth-order valence-electron chi connectivity index (χ4n) is 2.06. The summed E-state index contributed by atoms with van der Waals surface area (Å²) in [6.45, 7) is 0. The maximum atomic E-state index is 11.1. The number of aromatic nitrogens is 1. The van der Waals surface area contributed by atoms with Gasteiger partial charge in [0.25, 0.3) is 5.91 Å². The molecule has 2 aromatic heterocycles. The summed E-state index contributed by atoms with van der Waals surface area (Å²) in [5, 5.41) is 0.884. The Morgan fingerprint density at radius 3 is 2.84 bits per heavy atom. The Morgan fingerprint density at radius 1 is 1.21 bits per heavy atom. The summed E-state index contributed by atoms with van der Waals surface area (Å²) in [6, 6.07) is 11.4. The van der Waals surface area contributed by atoms with Crippen LogP contribution in [0.25, 0.3) is 11.0 Å². The minimum absolute atomic E-state index is 0.188. The molecule has 4 heteroatoms. The van der Waals surface area contributed by atoms with Gasteiger partial charge in [0.2, 0.25) is 0 Å². The van der Waals surface area contributed by atoms with E-state index in [0.717, 1.165) is 22.9 Å². The van der Waals surface area contributed by atoms with Crippen LogP contribution in [0.5, 0.6) is 0 Å². The molecule has 2 heterocycles. The minimum atomic E-state index is -0.551. The molecule has 4 nitrogen and oxygen atoms in total. The van der Waals surface area contributed by atoms with Crippen molar-refractivity contribution in [1.29, 1.82) is 0 Å². The highest BCUT2D eigenvalue weighted by atomic mass is 16.3. The quantitative estimate of drug-likeness (QED) is 0.778. The lowest BCUT2D eigenvalue weighted by molar-refractivity contribution is 0.0976. The summed E-state index contributed by atoms with van der Waals surface area (Å²) >= 11 is 0. The van der Waals surface area contributed by atoms with Crippen molar-refractivity contribution >= 4 is 16.9 Å². The van der Waals surface area contributed by atoms with E-state index < -0.39 is 5.91 Å². The van der Waals surface area contributed by atoms with Gasteiger partial charge in [-0.25, -0.2) is 0 Å². The van der Waals surface area contributed by atoms with Crippen molar-refractivity contribution in [2.24, 2.45) is 5.73 Å². The molecule has 2 N–H and O–H groups in total. The second-order valence-corrected chi connectivity index (χ2v) is 4.39. The van der Waals surface area contributed by atoms with E-state index in [9.17, 15) is 4.79 Å². The van der Waals surface area contributed by atoms with E-state index in [1.807, 2.05) is 36.5 Å². The van der Waals surface area contributed by atoms with Gasteiger partial charge >= 0.3 is 0 Å². The summed E-state index contributed by atoms with van der Waals surface area (Å²) < 4.78 is 5.35. The molecule has 0 aliphatic rings. The molecule has 0 aliphatic heterocycles. The Labute approximate surface area is 109 Å². The van der Waals surface area contributed by atoms with Gasteiger partial charge in [0.1, 0.15) is 5.58 Å². The molecule has 19 heavy (non-hydrogen) atoms. The van der Waals surface area contributed by atoms with Gasteiger partial charge in [0, 0.05) is 17.8 Å². The third kappa shape index (κ3) is 2.33. The van der Waals surface area contributed by atoms with E-state index in [-0.39, 0.29) is 5.76 Å². The molecule has 0 atom stereocenters. The number of pyridine rings is 1. The second kappa shape index (κ2) is 4.57. The number of hydrogen-bond acceptors (Lipinski definition) is 3. The second-order valence-electron chi connectivity index (χ2n) is 4.39. The number of primary amides is 1. The maximum absolute atomic E-state index is 11.1. The Morgan fingerprint density at radius 2 is 2.11 bits per heavy atom. The third-order valence-corrected chi connectivity index (χ3v) is 2.95. The number of carbonyl (C=O) groups is 1. The SMILES string of the molecule is NC(=O)c1cc2cc(Cc3cccnc3)ccc2o1. The van der Waals surface area contributed by atoms with Crippen molar-refractivity contribution in [2.45, 2.75) is 6.42 Å². The van der Waals surface area contributed by atoms with Crippen LogP contribution in [0.2, 0.25) is 0 Å². The highest BCUT2D eigenvalue weighted by Crippen LogP contribution is 2.21. The van der Waals surface area contributed by atoms with Gasteiger partial charge in [0.05, 0.1) is 0 Å². The van der Waals surface area contributed by atoms with E-state index in [2.05, 4.69) is 4.98 Å². The Kier molecular flexibility index (Phi) is 2.76. The van der Waals surface area contributed by atoms with Crippen LogP contribution >= 0.6 is 0 Å². The summed E-state index contributed by atoms with van der Waals surface area (Å²) in [5.41, 5.74) is 8.14. The maximum Gasteiger partial charge on any atom is 0.284 e. The van der Waals surface area contributed by atoms with Crippen LogP contribution in [-0.2, 0) is 6.42 Å². The minimum Gasteiger partial charge on any atom is -0.451 e. The largest absolute Gasteiger partial charge is 0.451 e. The van der Waals surface area contributed by atoms with E-state index in [0.29, 0.717) is 5.58 Å². The van der Waals surface area contributed by atoms with Gasteiger partial charge in [-0.1, -0.05) is 12.1 Å². The Balaban J connectivity index is 1.95. The lowest BCUT2D eigenvalue weighted by atomic mass is 10.1. The van der Waals surface area contributed by atoms with Crippen molar-refractivity contribution in [3.8, 4) is 0 Å². The predicted octanol–water partition coefficient (Wildman–Crippen LogP) is 2.52. The zero-order chi connectivity index (χ0) is 13.2. The first-order valence-corrected chi connectivity index (χ1v) is 5.93. The molecule has 0 aliphatic carbocycles. The van der Waals surface area contributed by atoms with Crippen LogP contribution in [0, 0.1) is 0 Å². The standard InChI is InChI=1S/C15H12N2O2/c16-15(18)14-8-12-7-10(3-4-13(12)19-14)6-11-2-1-5-17-9-11/h1-5,7-9H,6H2,(H2,16,18). The number of furan rings is 1. The average molecular weight is 252 g/mol. The fraction of sp³-hybridized carbons (Fsp3) is 0.0667. The predicted molar refractivity (Wildman–Crippen MR) is 71.8 cm³/mol. The number of nitrogens with two attached hydrogens (primary N) is 1. The van der Waals surface area contributed by atoms with E-state index in [4.69, 9.17) is 10.2 Å².